The molecule has 1 heterocycles. The van der Waals surface area contributed by atoms with E-state index in [9.17, 15) is 0 Å². The highest BCUT2D eigenvalue weighted by Crippen LogP contribution is 2.21. The molecule has 1 nitrogen and oxygen atoms in total. The maximum atomic E-state index is 5.82. The van der Waals surface area contributed by atoms with Crippen molar-refractivity contribution in [3.05, 3.63) is 32.5 Å². The van der Waals surface area contributed by atoms with Gasteiger partial charge in [-0.3, -0.25) is 0 Å². The van der Waals surface area contributed by atoms with Gasteiger partial charge in [-0.2, -0.15) is 0 Å². The Bertz CT molecular complexity index is 307. The molecule has 0 fully saturated rings. The lowest BCUT2D eigenvalue weighted by atomic mass is 10.3. The molecule has 78 valence electrons. The fraction of sp³-hybridized carbons (Fsp3) is 0.400. The van der Waals surface area contributed by atoms with Crippen molar-refractivity contribution >= 4 is 34.5 Å². The third-order valence-electron chi connectivity index (χ3n) is 1.77. The summed E-state index contributed by atoms with van der Waals surface area (Å²) in [7, 11) is 0. The number of hydrogen-bond acceptors (Lipinski definition) is 2. The number of hydrogen-bond donors (Lipinski definition) is 1. The van der Waals surface area contributed by atoms with Gasteiger partial charge in [0.05, 0.1) is 4.34 Å². The zero-order valence-electron chi connectivity index (χ0n) is 8.02. The molecule has 0 aliphatic rings. The van der Waals surface area contributed by atoms with E-state index in [2.05, 4.69) is 11.4 Å². The molecular formula is C10H13Cl2NS. The van der Waals surface area contributed by atoms with Crippen LogP contribution < -0.4 is 5.32 Å². The van der Waals surface area contributed by atoms with Crippen LogP contribution in [0.2, 0.25) is 4.34 Å². The van der Waals surface area contributed by atoms with Crippen molar-refractivity contribution in [2.45, 2.75) is 13.3 Å². The van der Waals surface area contributed by atoms with E-state index in [-0.39, 0.29) is 0 Å². The molecule has 0 bridgehead atoms. The monoisotopic (exact) mass is 249 g/mol. The van der Waals surface area contributed by atoms with Crippen LogP contribution >= 0.6 is 34.5 Å². The number of halogens is 2. The van der Waals surface area contributed by atoms with Crippen LogP contribution in [0, 0.1) is 0 Å². The highest BCUT2D eigenvalue weighted by atomic mass is 35.5. The fourth-order valence-electron chi connectivity index (χ4n) is 1.02. The van der Waals surface area contributed by atoms with Crippen molar-refractivity contribution < 1.29 is 0 Å². The van der Waals surface area contributed by atoms with E-state index < -0.39 is 0 Å². The molecule has 0 saturated carbocycles. The van der Waals surface area contributed by atoms with Gasteiger partial charge in [-0.05, 0) is 31.1 Å². The van der Waals surface area contributed by atoms with E-state index in [4.69, 9.17) is 23.2 Å². The molecule has 0 aliphatic carbocycles. The van der Waals surface area contributed by atoms with Crippen LogP contribution in [0.1, 0.15) is 11.8 Å². The molecule has 0 aromatic carbocycles. The lowest BCUT2D eigenvalue weighted by Gasteiger charge is -2.02. The molecule has 0 unspecified atom stereocenters. The van der Waals surface area contributed by atoms with Gasteiger partial charge in [0.1, 0.15) is 0 Å². The van der Waals surface area contributed by atoms with E-state index in [1.54, 1.807) is 16.9 Å². The number of thiophene rings is 1. The Balaban J connectivity index is 2.16. The third kappa shape index (κ3) is 4.47. The van der Waals surface area contributed by atoms with Crippen LogP contribution in [0.15, 0.2) is 23.2 Å². The SMILES string of the molecule is C/C(=C/Cl)CNCCc1ccc(Cl)s1. The first-order chi connectivity index (χ1) is 6.72. The summed E-state index contributed by atoms with van der Waals surface area (Å²) in [5, 5.41) is 3.30. The van der Waals surface area contributed by atoms with Crippen molar-refractivity contribution in [3.63, 3.8) is 0 Å². The smallest absolute Gasteiger partial charge is 0.0931 e. The maximum absolute atomic E-state index is 5.82. The van der Waals surface area contributed by atoms with Gasteiger partial charge in [-0.25, -0.2) is 0 Å². The Kier molecular flexibility index (Phi) is 5.56. The Morgan fingerprint density at radius 2 is 2.36 bits per heavy atom. The van der Waals surface area contributed by atoms with Gasteiger partial charge in [0.25, 0.3) is 0 Å². The summed E-state index contributed by atoms with van der Waals surface area (Å²) in [5.41, 5.74) is 2.76. The lowest BCUT2D eigenvalue weighted by molar-refractivity contribution is 0.733. The third-order valence-corrected chi connectivity index (χ3v) is 3.43. The van der Waals surface area contributed by atoms with E-state index in [1.807, 2.05) is 13.0 Å². The number of nitrogens with one attached hydrogen (secondary N) is 1. The van der Waals surface area contributed by atoms with E-state index in [0.29, 0.717) is 0 Å². The molecule has 0 radical (unpaired) electrons. The lowest BCUT2D eigenvalue weighted by Crippen LogP contribution is -2.18. The average Bonchev–Trinajstić information content (AvgIpc) is 2.58. The van der Waals surface area contributed by atoms with Crippen LogP contribution in [0.4, 0.5) is 0 Å². The summed E-state index contributed by atoms with van der Waals surface area (Å²) < 4.78 is 0.858. The van der Waals surface area contributed by atoms with Crippen LogP contribution in [0.3, 0.4) is 0 Å². The molecule has 0 spiro atoms. The first-order valence-electron chi connectivity index (χ1n) is 4.43. The van der Waals surface area contributed by atoms with E-state index >= 15 is 0 Å². The summed E-state index contributed by atoms with van der Waals surface area (Å²) in [6, 6.07) is 4.00. The van der Waals surface area contributed by atoms with Gasteiger partial charge in [0.2, 0.25) is 0 Å². The molecule has 0 saturated heterocycles. The Morgan fingerprint density at radius 1 is 1.57 bits per heavy atom. The quantitative estimate of drug-likeness (QED) is 0.786. The Hall–Kier alpha value is -0.0200. The van der Waals surface area contributed by atoms with Gasteiger partial charge in [0, 0.05) is 23.5 Å². The predicted molar refractivity (Wildman–Crippen MR) is 65.5 cm³/mol. The summed E-state index contributed by atoms with van der Waals surface area (Å²) in [5.74, 6) is 0. The highest BCUT2D eigenvalue weighted by Gasteiger charge is 1.97. The van der Waals surface area contributed by atoms with Crippen molar-refractivity contribution in [1.29, 1.82) is 0 Å². The zero-order chi connectivity index (χ0) is 10.4. The summed E-state index contributed by atoms with van der Waals surface area (Å²) in [6.07, 6.45) is 1.02. The van der Waals surface area contributed by atoms with Gasteiger partial charge in [-0.1, -0.05) is 23.2 Å². The van der Waals surface area contributed by atoms with Crippen LogP contribution in [0.25, 0.3) is 0 Å². The van der Waals surface area contributed by atoms with Crippen molar-refractivity contribution in [3.8, 4) is 0 Å². The van der Waals surface area contributed by atoms with Crippen LogP contribution in [-0.4, -0.2) is 13.1 Å². The summed E-state index contributed by atoms with van der Waals surface area (Å²) in [6.45, 7) is 3.81. The average molecular weight is 250 g/mol. The van der Waals surface area contributed by atoms with Crippen molar-refractivity contribution in [2.24, 2.45) is 0 Å². The second kappa shape index (κ2) is 6.46. The molecule has 4 heteroatoms. The summed E-state index contributed by atoms with van der Waals surface area (Å²) >= 11 is 13.0. The van der Waals surface area contributed by atoms with Gasteiger partial charge in [-0.15, -0.1) is 11.3 Å². The fourth-order valence-corrected chi connectivity index (χ4v) is 2.19. The second-order valence-corrected chi connectivity index (χ2v) is 5.11. The first kappa shape index (κ1) is 12.1. The molecule has 1 N–H and O–H groups in total. The van der Waals surface area contributed by atoms with Gasteiger partial charge < -0.3 is 5.32 Å². The molecular weight excluding hydrogens is 237 g/mol. The number of rotatable bonds is 5. The van der Waals surface area contributed by atoms with Gasteiger partial charge >= 0.3 is 0 Å². The van der Waals surface area contributed by atoms with E-state index in [1.165, 1.54) is 4.88 Å². The van der Waals surface area contributed by atoms with Crippen molar-refractivity contribution in [1.82, 2.24) is 5.32 Å². The minimum absolute atomic E-state index is 0.850. The minimum atomic E-state index is 0.850. The molecule has 1 aromatic heterocycles. The summed E-state index contributed by atoms with van der Waals surface area (Å²) in [4.78, 5) is 1.31. The molecule has 0 aliphatic heterocycles. The second-order valence-electron chi connectivity index (χ2n) is 3.09. The maximum Gasteiger partial charge on any atom is 0.0931 e. The van der Waals surface area contributed by atoms with Crippen LogP contribution in [0.5, 0.6) is 0 Å². The first-order valence-corrected chi connectivity index (χ1v) is 6.06. The van der Waals surface area contributed by atoms with Gasteiger partial charge in [0.15, 0.2) is 0 Å². The van der Waals surface area contributed by atoms with E-state index in [0.717, 1.165) is 29.4 Å². The van der Waals surface area contributed by atoms with Crippen molar-refractivity contribution in [2.75, 3.05) is 13.1 Å². The molecule has 1 aromatic rings. The molecule has 0 amide bonds. The molecule has 1 rings (SSSR count). The molecule has 0 atom stereocenters. The standard InChI is InChI=1S/C10H13Cl2NS/c1-8(6-11)7-13-5-4-9-2-3-10(12)14-9/h2-3,6,13H,4-5,7H2,1H3/b8-6-. The topological polar surface area (TPSA) is 12.0 Å². The predicted octanol–water partition coefficient (Wildman–Crippen LogP) is 3.68. The Labute approximate surface area is 98.7 Å². The molecule has 14 heavy (non-hydrogen) atoms. The Morgan fingerprint density at radius 3 is 2.93 bits per heavy atom. The minimum Gasteiger partial charge on any atom is -0.313 e. The normalized spacial score (nSPS) is 12.1. The van der Waals surface area contributed by atoms with Crippen LogP contribution in [-0.2, 0) is 6.42 Å². The highest BCUT2D eigenvalue weighted by molar-refractivity contribution is 7.16. The zero-order valence-corrected chi connectivity index (χ0v) is 10.3. The largest absolute Gasteiger partial charge is 0.313 e.